The quantitative estimate of drug-likeness (QED) is 0.444. The smallest absolute Gasteiger partial charge is 0.317 e. The van der Waals surface area contributed by atoms with E-state index in [9.17, 15) is 10.1 Å². The summed E-state index contributed by atoms with van der Waals surface area (Å²) in [5.74, 6) is 0.0646. The second-order valence-corrected chi connectivity index (χ2v) is 5.78. The molecule has 0 amide bonds. The fraction of sp³-hybridized carbons (Fsp3) is 0.800. The molecule has 0 bridgehead atoms. The van der Waals surface area contributed by atoms with E-state index in [2.05, 4.69) is 5.10 Å². The van der Waals surface area contributed by atoms with Gasteiger partial charge in [-0.1, -0.05) is 11.8 Å². The average Bonchev–Trinajstić information content (AvgIpc) is 2.94. The first-order valence-corrected chi connectivity index (χ1v) is 8.15. The minimum atomic E-state index is -0.352. The van der Waals surface area contributed by atoms with Crippen molar-refractivity contribution in [3.8, 4) is 0 Å². The van der Waals surface area contributed by atoms with Gasteiger partial charge in [0, 0.05) is 26.1 Å². The summed E-state index contributed by atoms with van der Waals surface area (Å²) >= 11 is 0. The van der Waals surface area contributed by atoms with Crippen molar-refractivity contribution in [2.75, 3.05) is 20.3 Å². The lowest BCUT2D eigenvalue weighted by molar-refractivity contribution is -0.386. The zero-order chi connectivity index (χ0) is 16.8. The first kappa shape index (κ1) is 17.7. The Morgan fingerprint density at radius 1 is 1.39 bits per heavy atom. The molecule has 1 fully saturated rings. The number of nitrogens with zero attached hydrogens (tertiary/aromatic N) is 3. The molecule has 1 heterocycles. The van der Waals surface area contributed by atoms with E-state index < -0.39 is 0 Å². The van der Waals surface area contributed by atoms with Gasteiger partial charge in [-0.3, -0.25) is 10.1 Å². The molecular weight excluding hydrogens is 302 g/mol. The lowest BCUT2D eigenvalue weighted by Crippen LogP contribution is -2.21. The molecule has 0 saturated heterocycles. The number of aliphatic hydroxyl groups is 1. The van der Waals surface area contributed by atoms with Crippen molar-refractivity contribution in [1.29, 1.82) is 0 Å². The third-order valence-corrected chi connectivity index (χ3v) is 4.37. The molecule has 1 aromatic heterocycles. The summed E-state index contributed by atoms with van der Waals surface area (Å²) in [5.41, 5.74) is 1.08. The van der Waals surface area contributed by atoms with Crippen LogP contribution in [0.1, 0.15) is 56.3 Å². The van der Waals surface area contributed by atoms with E-state index in [1.54, 1.807) is 7.11 Å². The van der Waals surface area contributed by atoms with E-state index >= 15 is 0 Å². The van der Waals surface area contributed by atoms with Crippen LogP contribution in [0.2, 0.25) is 0 Å². The van der Waals surface area contributed by atoms with Gasteiger partial charge in [0.2, 0.25) is 0 Å². The molecule has 1 aromatic rings. The van der Waals surface area contributed by atoms with E-state index in [4.69, 9.17) is 14.7 Å². The molecule has 8 heteroatoms. The molecule has 0 aromatic carbocycles. The maximum absolute atomic E-state index is 11.5. The number of rotatable bonds is 8. The van der Waals surface area contributed by atoms with Gasteiger partial charge in [-0.2, -0.15) is 0 Å². The lowest BCUT2D eigenvalue weighted by atomic mass is 9.84. The monoisotopic (exact) mass is 327 g/mol. The Morgan fingerprint density at radius 2 is 2.09 bits per heavy atom. The summed E-state index contributed by atoms with van der Waals surface area (Å²) in [6.45, 7) is 2.14. The second-order valence-electron chi connectivity index (χ2n) is 5.78. The Kier molecular flexibility index (Phi) is 6.35. The van der Waals surface area contributed by atoms with Crippen molar-refractivity contribution in [3.05, 3.63) is 21.5 Å². The highest BCUT2D eigenvalue weighted by Crippen LogP contribution is 2.38. The molecule has 1 aliphatic rings. The van der Waals surface area contributed by atoms with Crippen LogP contribution in [0.4, 0.5) is 5.69 Å². The van der Waals surface area contributed by atoms with Crippen molar-refractivity contribution >= 4 is 5.69 Å². The normalized spacial score (nSPS) is 21.3. The molecule has 1 aliphatic carbocycles. The Bertz CT molecular complexity index is 523. The number of hydrogen-bond donors (Lipinski definition) is 1. The molecule has 130 valence electrons. The van der Waals surface area contributed by atoms with Crippen LogP contribution in [-0.4, -0.2) is 46.4 Å². The maximum atomic E-state index is 11.5. The fourth-order valence-electron chi connectivity index (χ4n) is 3.11. The SMILES string of the molecule is CCc1c([N+](=O)[O-])c(C2CCC(OC)CC2)nn1OCCCO. The lowest BCUT2D eigenvalue weighted by Gasteiger charge is -2.25. The fourth-order valence-corrected chi connectivity index (χ4v) is 3.11. The number of aliphatic hydroxyl groups excluding tert-OH is 1. The molecule has 8 nitrogen and oxygen atoms in total. The van der Waals surface area contributed by atoms with Gasteiger partial charge in [-0.25, -0.2) is 0 Å². The van der Waals surface area contributed by atoms with Crippen molar-refractivity contribution < 1.29 is 19.6 Å². The van der Waals surface area contributed by atoms with Gasteiger partial charge in [0.25, 0.3) is 0 Å². The highest BCUT2D eigenvalue weighted by Gasteiger charge is 2.34. The van der Waals surface area contributed by atoms with Gasteiger partial charge in [-0.15, -0.1) is 5.10 Å². The molecular formula is C15H25N3O5. The molecule has 0 radical (unpaired) electrons. The third-order valence-electron chi connectivity index (χ3n) is 4.37. The first-order chi connectivity index (χ1) is 11.1. The average molecular weight is 327 g/mol. The highest BCUT2D eigenvalue weighted by atomic mass is 16.7. The molecule has 0 spiro atoms. The Balaban J connectivity index is 2.25. The Morgan fingerprint density at radius 3 is 2.61 bits per heavy atom. The van der Waals surface area contributed by atoms with E-state index in [1.165, 1.54) is 4.85 Å². The van der Waals surface area contributed by atoms with E-state index in [0.717, 1.165) is 25.7 Å². The van der Waals surface area contributed by atoms with Gasteiger partial charge in [0.05, 0.1) is 11.0 Å². The molecule has 0 unspecified atom stereocenters. The highest BCUT2D eigenvalue weighted by molar-refractivity contribution is 5.43. The topological polar surface area (TPSA) is 99.7 Å². The van der Waals surface area contributed by atoms with E-state index in [1.807, 2.05) is 6.92 Å². The number of nitro groups is 1. The second kappa shape index (κ2) is 8.26. The summed E-state index contributed by atoms with van der Waals surface area (Å²) in [6, 6.07) is 0. The number of aromatic nitrogens is 2. The predicted molar refractivity (Wildman–Crippen MR) is 83.4 cm³/mol. The van der Waals surface area contributed by atoms with Crippen molar-refractivity contribution in [2.45, 2.75) is 57.5 Å². The first-order valence-electron chi connectivity index (χ1n) is 8.15. The summed E-state index contributed by atoms with van der Waals surface area (Å²) in [4.78, 5) is 18.0. The van der Waals surface area contributed by atoms with Crippen LogP contribution in [-0.2, 0) is 11.2 Å². The summed E-state index contributed by atoms with van der Waals surface area (Å²) in [5, 5.41) is 24.8. The number of ether oxygens (including phenoxy) is 1. The van der Waals surface area contributed by atoms with Crippen LogP contribution in [0.3, 0.4) is 0 Å². The van der Waals surface area contributed by atoms with Crippen molar-refractivity contribution in [3.63, 3.8) is 0 Å². The van der Waals surface area contributed by atoms with Gasteiger partial charge in [-0.05, 0) is 32.1 Å². The number of methoxy groups -OCH3 is 1. The standard InChI is InChI=1S/C15H25N3O5/c1-3-13-15(18(20)21)14(16-17(13)23-10-4-9-19)11-5-7-12(22-2)8-6-11/h11-12,19H,3-10H2,1-2H3. The molecule has 0 atom stereocenters. The minimum absolute atomic E-state index is 0.0126. The largest absolute Gasteiger partial charge is 0.396 e. The van der Waals surface area contributed by atoms with Gasteiger partial charge in [0.1, 0.15) is 12.3 Å². The van der Waals surface area contributed by atoms with E-state index in [-0.39, 0.29) is 35.8 Å². The molecule has 0 aliphatic heterocycles. The van der Waals surface area contributed by atoms with Crippen LogP contribution >= 0.6 is 0 Å². The van der Waals surface area contributed by atoms with Crippen LogP contribution in [0, 0.1) is 10.1 Å². The summed E-state index contributed by atoms with van der Waals surface area (Å²) in [7, 11) is 1.70. The van der Waals surface area contributed by atoms with Crippen molar-refractivity contribution in [2.24, 2.45) is 0 Å². The Labute approximate surface area is 135 Å². The maximum Gasteiger partial charge on any atom is 0.317 e. The van der Waals surface area contributed by atoms with Crippen LogP contribution < -0.4 is 4.84 Å². The predicted octanol–water partition coefficient (Wildman–Crippen LogP) is 1.84. The summed E-state index contributed by atoms with van der Waals surface area (Å²) < 4.78 is 5.36. The zero-order valence-corrected chi connectivity index (χ0v) is 13.7. The molecule has 1 saturated carbocycles. The third kappa shape index (κ3) is 4.00. The van der Waals surface area contributed by atoms with Gasteiger partial charge in [0.15, 0.2) is 5.69 Å². The summed E-state index contributed by atoms with van der Waals surface area (Å²) in [6.07, 6.45) is 4.60. The number of hydrogen-bond acceptors (Lipinski definition) is 6. The molecule has 23 heavy (non-hydrogen) atoms. The van der Waals surface area contributed by atoms with Crippen LogP contribution in [0.5, 0.6) is 0 Å². The zero-order valence-electron chi connectivity index (χ0n) is 13.7. The molecule has 1 N–H and O–H groups in total. The van der Waals surface area contributed by atoms with Crippen LogP contribution in [0.25, 0.3) is 0 Å². The van der Waals surface area contributed by atoms with Gasteiger partial charge < -0.3 is 14.7 Å². The minimum Gasteiger partial charge on any atom is -0.396 e. The van der Waals surface area contributed by atoms with Crippen molar-refractivity contribution in [1.82, 2.24) is 9.94 Å². The Hall–Kier alpha value is -1.67. The van der Waals surface area contributed by atoms with Crippen LogP contribution in [0.15, 0.2) is 0 Å². The molecule has 2 rings (SSSR count). The van der Waals surface area contributed by atoms with Gasteiger partial charge >= 0.3 is 5.69 Å². The van der Waals surface area contributed by atoms with E-state index in [0.29, 0.717) is 24.2 Å².